The van der Waals surface area contributed by atoms with Gasteiger partial charge < -0.3 is 15.1 Å². The molecule has 0 aromatic heterocycles. The first-order chi connectivity index (χ1) is 11.2. The second kappa shape index (κ2) is 9.71. The number of unbranched alkanes of at least 4 members (excludes halogenated alkanes) is 1. The number of hydrogen-bond donors (Lipinski definition) is 1. The molecule has 0 saturated carbocycles. The highest BCUT2D eigenvalue weighted by Crippen LogP contribution is 2.17. The van der Waals surface area contributed by atoms with E-state index in [0.29, 0.717) is 0 Å². The lowest BCUT2D eigenvalue weighted by molar-refractivity contribution is 0.372. The standard InChI is InChI=1S/C18H30N4S/c1-16-7-6-8-17(15-16)21-10-12-22(13-11-21)18(19-2)20-9-4-5-14-23-3/h6-8,15H,4-5,9-14H2,1-3H3,(H,19,20). The van der Waals surface area contributed by atoms with Crippen molar-refractivity contribution in [1.82, 2.24) is 10.2 Å². The Kier molecular flexibility index (Phi) is 7.59. The molecule has 0 bridgehead atoms. The van der Waals surface area contributed by atoms with E-state index in [9.17, 15) is 0 Å². The monoisotopic (exact) mass is 334 g/mol. The highest BCUT2D eigenvalue weighted by atomic mass is 32.2. The maximum absolute atomic E-state index is 4.45. The number of aryl methyl sites for hydroxylation is 1. The van der Waals surface area contributed by atoms with Gasteiger partial charge in [-0.2, -0.15) is 11.8 Å². The Labute approximate surface area is 145 Å². The number of thioether (sulfide) groups is 1. The Morgan fingerprint density at radius 1 is 1.22 bits per heavy atom. The molecule has 0 unspecified atom stereocenters. The molecule has 0 amide bonds. The van der Waals surface area contributed by atoms with Gasteiger partial charge >= 0.3 is 0 Å². The summed E-state index contributed by atoms with van der Waals surface area (Å²) in [5.74, 6) is 2.30. The van der Waals surface area contributed by atoms with Gasteiger partial charge in [0.25, 0.3) is 0 Å². The number of benzene rings is 1. The first-order valence-corrected chi connectivity index (χ1v) is 9.90. The summed E-state index contributed by atoms with van der Waals surface area (Å²) in [5, 5.41) is 3.51. The van der Waals surface area contributed by atoms with E-state index in [0.717, 1.165) is 38.7 Å². The van der Waals surface area contributed by atoms with Gasteiger partial charge in [0.1, 0.15) is 0 Å². The fraction of sp³-hybridized carbons (Fsp3) is 0.611. The molecule has 0 spiro atoms. The van der Waals surface area contributed by atoms with E-state index in [4.69, 9.17) is 0 Å². The Morgan fingerprint density at radius 2 is 2.00 bits per heavy atom. The van der Waals surface area contributed by atoms with Crippen LogP contribution in [0.2, 0.25) is 0 Å². The summed E-state index contributed by atoms with van der Waals surface area (Å²) in [6.07, 6.45) is 4.65. The fourth-order valence-electron chi connectivity index (χ4n) is 2.90. The molecule has 1 aliphatic rings. The second-order valence-corrected chi connectivity index (χ2v) is 6.97. The highest BCUT2D eigenvalue weighted by Gasteiger charge is 2.19. The number of aliphatic imine (C=N–C) groups is 1. The zero-order valence-electron chi connectivity index (χ0n) is 14.7. The lowest BCUT2D eigenvalue weighted by atomic mass is 10.2. The Balaban J connectivity index is 1.78. The fourth-order valence-corrected chi connectivity index (χ4v) is 3.40. The van der Waals surface area contributed by atoms with Gasteiger partial charge in [0, 0.05) is 45.5 Å². The first kappa shape index (κ1) is 18.0. The summed E-state index contributed by atoms with van der Waals surface area (Å²) in [6.45, 7) is 7.33. The van der Waals surface area contributed by atoms with Crippen LogP contribution in [0.4, 0.5) is 5.69 Å². The molecule has 1 heterocycles. The van der Waals surface area contributed by atoms with Crippen molar-refractivity contribution in [3.05, 3.63) is 29.8 Å². The predicted molar refractivity (Wildman–Crippen MR) is 104 cm³/mol. The zero-order valence-corrected chi connectivity index (χ0v) is 15.5. The van der Waals surface area contributed by atoms with Crippen molar-refractivity contribution in [3.63, 3.8) is 0 Å². The second-order valence-electron chi connectivity index (χ2n) is 5.99. The van der Waals surface area contributed by atoms with Gasteiger partial charge in [0.15, 0.2) is 5.96 Å². The van der Waals surface area contributed by atoms with E-state index < -0.39 is 0 Å². The molecule has 2 rings (SSSR count). The molecule has 1 fully saturated rings. The van der Waals surface area contributed by atoms with Crippen LogP contribution in [0.1, 0.15) is 18.4 Å². The highest BCUT2D eigenvalue weighted by molar-refractivity contribution is 7.98. The van der Waals surface area contributed by atoms with E-state index in [2.05, 4.69) is 57.6 Å². The van der Waals surface area contributed by atoms with Crippen LogP contribution in [0.3, 0.4) is 0 Å². The maximum atomic E-state index is 4.45. The van der Waals surface area contributed by atoms with Crippen molar-refractivity contribution in [1.29, 1.82) is 0 Å². The van der Waals surface area contributed by atoms with Gasteiger partial charge in [-0.25, -0.2) is 0 Å². The van der Waals surface area contributed by atoms with Crippen LogP contribution in [0.15, 0.2) is 29.3 Å². The van der Waals surface area contributed by atoms with Gasteiger partial charge in [0.05, 0.1) is 0 Å². The minimum absolute atomic E-state index is 1.02. The number of anilines is 1. The summed E-state index contributed by atoms with van der Waals surface area (Å²) in [5.41, 5.74) is 2.66. The molecule has 0 aliphatic carbocycles. The number of guanidine groups is 1. The maximum Gasteiger partial charge on any atom is 0.193 e. The van der Waals surface area contributed by atoms with Crippen molar-refractivity contribution in [2.45, 2.75) is 19.8 Å². The molecule has 1 saturated heterocycles. The first-order valence-electron chi connectivity index (χ1n) is 8.50. The third kappa shape index (κ3) is 5.65. The van der Waals surface area contributed by atoms with Crippen molar-refractivity contribution in [2.24, 2.45) is 4.99 Å². The molecule has 1 N–H and O–H groups in total. The summed E-state index contributed by atoms with van der Waals surface area (Å²) in [6, 6.07) is 8.78. The average Bonchev–Trinajstić information content (AvgIpc) is 2.58. The summed E-state index contributed by atoms with van der Waals surface area (Å²) >= 11 is 1.92. The minimum atomic E-state index is 1.02. The third-order valence-corrected chi connectivity index (χ3v) is 4.91. The van der Waals surface area contributed by atoms with E-state index in [1.54, 1.807) is 0 Å². The summed E-state index contributed by atoms with van der Waals surface area (Å²) in [7, 11) is 1.89. The van der Waals surface area contributed by atoms with Gasteiger partial charge in [-0.05, 0) is 49.5 Å². The Bertz CT molecular complexity index is 496. The number of piperazine rings is 1. The number of rotatable bonds is 6. The SMILES string of the molecule is CN=C(NCCCCSC)N1CCN(c2cccc(C)c2)CC1. The molecular formula is C18H30N4S. The van der Waals surface area contributed by atoms with Crippen molar-refractivity contribution < 1.29 is 0 Å². The van der Waals surface area contributed by atoms with Gasteiger partial charge in [-0.3, -0.25) is 4.99 Å². The molecule has 1 aromatic rings. The van der Waals surface area contributed by atoms with Crippen LogP contribution < -0.4 is 10.2 Å². The molecule has 1 aliphatic heterocycles. The topological polar surface area (TPSA) is 30.9 Å². The smallest absolute Gasteiger partial charge is 0.193 e. The van der Waals surface area contributed by atoms with Crippen LogP contribution in [0.5, 0.6) is 0 Å². The van der Waals surface area contributed by atoms with Crippen molar-refractivity contribution in [2.75, 3.05) is 56.7 Å². The van der Waals surface area contributed by atoms with Crippen LogP contribution in [-0.2, 0) is 0 Å². The molecule has 128 valence electrons. The van der Waals surface area contributed by atoms with E-state index in [-0.39, 0.29) is 0 Å². The molecule has 0 atom stereocenters. The summed E-state index contributed by atoms with van der Waals surface area (Å²) < 4.78 is 0. The zero-order chi connectivity index (χ0) is 16.5. The van der Waals surface area contributed by atoms with E-state index in [1.165, 1.54) is 29.8 Å². The number of hydrogen-bond acceptors (Lipinski definition) is 3. The molecule has 4 nitrogen and oxygen atoms in total. The summed E-state index contributed by atoms with van der Waals surface area (Å²) in [4.78, 5) is 9.29. The van der Waals surface area contributed by atoms with Gasteiger partial charge in [0.2, 0.25) is 0 Å². The Hall–Kier alpha value is -1.36. The van der Waals surface area contributed by atoms with Gasteiger partial charge in [-0.15, -0.1) is 0 Å². The molecule has 1 aromatic carbocycles. The lowest BCUT2D eigenvalue weighted by Crippen LogP contribution is -2.52. The Morgan fingerprint density at radius 3 is 2.65 bits per heavy atom. The number of nitrogens with one attached hydrogen (secondary N) is 1. The van der Waals surface area contributed by atoms with Crippen molar-refractivity contribution in [3.8, 4) is 0 Å². The predicted octanol–water partition coefficient (Wildman–Crippen LogP) is 2.84. The van der Waals surface area contributed by atoms with Crippen LogP contribution >= 0.6 is 11.8 Å². The molecule has 5 heteroatoms. The normalized spacial score (nSPS) is 15.9. The van der Waals surface area contributed by atoms with Crippen LogP contribution in [-0.4, -0.2) is 62.6 Å². The minimum Gasteiger partial charge on any atom is -0.368 e. The van der Waals surface area contributed by atoms with E-state index >= 15 is 0 Å². The van der Waals surface area contributed by atoms with Crippen LogP contribution in [0.25, 0.3) is 0 Å². The number of nitrogens with zero attached hydrogens (tertiary/aromatic N) is 3. The van der Waals surface area contributed by atoms with Crippen molar-refractivity contribution >= 4 is 23.4 Å². The molecule has 23 heavy (non-hydrogen) atoms. The molecule has 0 radical (unpaired) electrons. The molecular weight excluding hydrogens is 304 g/mol. The van der Waals surface area contributed by atoms with Crippen LogP contribution in [0, 0.1) is 6.92 Å². The third-order valence-electron chi connectivity index (χ3n) is 4.22. The average molecular weight is 335 g/mol. The van der Waals surface area contributed by atoms with Gasteiger partial charge in [-0.1, -0.05) is 12.1 Å². The lowest BCUT2D eigenvalue weighted by Gasteiger charge is -2.37. The quantitative estimate of drug-likeness (QED) is 0.492. The van der Waals surface area contributed by atoms with E-state index in [1.807, 2.05) is 18.8 Å². The largest absolute Gasteiger partial charge is 0.368 e.